The second kappa shape index (κ2) is 44.1. The quantitative estimate of drug-likeness (QED) is 0.0369. The first-order valence-corrected chi connectivity index (χ1v) is 46.3. The maximum absolute atomic E-state index is 3.53. The van der Waals surface area contributed by atoms with Crippen LogP contribution in [0.15, 0.2) is 152 Å². The average Bonchev–Trinajstić information content (AvgIpc) is 0.743. The van der Waals surface area contributed by atoms with Crippen molar-refractivity contribution in [2.24, 2.45) is 54.1 Å². The zero-order chi connectivity index (χ0) is 80.2. The topological polar surface area (TPSA) is 0 Å². The van der Waals surface area contributed by atoms with Crippen molar-refractivity contribution in [3.8, 4) is 0 Å². The Hall–Kier alpha value is -3.24. The Morgan fingerprint density at radius 2 is 0.533 bits per heavy atom. The third kappa shape index (κ3) is 40.5. The normalized spacial score (nSPS) is 14.5. The van der Waals surface area contributed by atoms with E-state index in [0.29, 0.717) is 89.7 Å². The standard InChI is InChI=1S/C38H62.C26H38.C19H31Br.C19H32.Br2/c1-14-37(10,11)26-33(24-35(4,5)6)30-20-17-29(18-21-30)22-32-23-31(19-16-28(32)3)34(25-36(7,8)9)27-38(12,13)15-2;1-7-25(3,4)19-24(23-16-12-9-13-17-23)20-26(5,6)18-21(2)22-14-10-8-11-15-22;1-7-19(5,6)13-17(12-18(2,3)4)16-10-8-15(14-20)9-11-16;1-8-19(6,7)14-17(13-18(3,4)5)16-11-9-15(2)10-12-16;1-2/h16-21,23,33-34H,14-15,22,24-27H2,1-13H3;8-17,21,24H,7,18-20H2,1-6H3;8-11,17H,7,12-14H2,1-6H3;9-12,17H,8,13-14H2,1-7H3;. The Labute approximate surface area is 677 Å². The van der Waals surface area contributed by atoms with E-state index in [1.807, 2.05) is 0 Å². The lowest BCUT2D eigenvalue weighted by molar-refractivity contribution is 0.215. The average molecular weight is 1630 g/mol. The van der Waals surface area contributed by atoms with Crippen molar-refractivity contribution < 1.29 is 0 Å². The van der Waals surface area contributed by atoms with Crippen LogP contribution < -0.4 is 0 Å². The van der Waals surface area contributed by atoms with Gasteiger partial charge >= 0.3 is 0 Å². The molecule has 0 saturated carbocycles. The van der Waals surface area contributed by atoms with Gasteiger partial charge in [-0.2, -0.15) is 0 Å². The monoisotopic (exact) mass is 1630 g/mol. The molecule has 0 aliphatic heterocycles. The highest BCUT2D eigenvalue weighted by Crippen LogP contribution is 2.48. The molecule has 6 aromatic carbocycles. The molecule has 0 nitrogen and oxygen atoms in total. The van der Waals surface area contributed by atoms with E-state index in [1.165, 1.54) is 164 Å². The van der Waals surface area contributed by atoms with Crippen LogP contribution in [-0.2, 0) is 11.8 Å². The van der Waals surface area contributed by atoms with Crippen LogP contribution in [0.4, 0.5) is 0 Å². The van der Waals surface area contributed by atoms with Crippen LogP contribution in [0.2, 0.25) is 0 Å². The fourth-order valence-corrected chi connectivity index (χ4v) is 16.1. The largest absolute Gasteiger partial charge is 0.0876 e. The molecule has 0 N–H and O–H groups in total. The van der Waals surface area contributed by atoms with E-state index in [4.69, 9.17) is 0 Å². The van der Waals surface area contributed by atoms with Crippen LogP contribution in [0.3, 0.4) is 0 Å². The number of halogens is 3. The Morgan fingerprint density at radius 1 is 0.276 bits per heavy atom. The molecular formula is C102H163Br3. The molecule has 0 bridgehead atoms. The molecule has 0 saturated heterocycles. The predicted molar refractivity (Wildman–Crippen MR) is 486 cm³/mol. The molecule has 0 spiro atoms. The minimum Gasteiger partial charge on any atom is -0.0876 e. The Bertz CT molecular complexity index is 3270. The van der Waals surface area contributed by atoms with Gasteiger partial charge in [0.25, 0.3) is 0 Å². The van der Waals surface area contributed by atoms with E-state index < -0.39 is 0 Å². The highest BCUT2D eigenvalue weighted by atomic mass is 80.9. The first-order valence-electron chi connectivity index (χ1n) is 41.5. The van der Waals surface area contributed by atoms with Gasteiger partial charge in [0.1, 0.15) is 0 Å². The molecule has 0 aliphatic carbocycles. The predicted octanol–water partition coefficient (Wildman–Crippen LogP) is 35.4. The second-order valence-corrected chi connectivity index (χ2v) is 42.9. The second-order valence-electron chi connectivity index (χ2n) is 42.3. The lowest BCUT2D eigenvalue weighted by atomic mass is 9.69. The minimum atomic E-state index is 0.319. The van der Waals surface area contributed by atoms with Crippen molar-refractivity contribution in [2.45, 2.75) is 372 Å². The van der Waals surface area contributed by atoms with E-state index in [-0.39, 0.29) is 0 Å². The van der Waals surface area contributed by atoms with Crippen molar-refractivity contribution in [1.82, 2.24) is 0 Å². The van der Waals surface area contributed by atoms with Gasteiger partial charge in [-0.15, -0.1) is 0 Å². The number of hydrogen-bond donors (Lipinski definition) is 0. The summed E-state index contributed by atoms with van der Waals surface area (Å²) in [6, 6.07) is 57.5. The summed E-state index contributed by atoms with van der Waals surface area (Å²) in [5.41, 5.74) is 19.8. The van der Waals surface area contributed by atoms with Crippen molar-refractivity contribution >= 4 is 44.2 Å². The fraction of sp³-hybridized carbons (Fsp3) is 0.647. The molecule has 6 aromatic rings. The van der Waals surface area contributed by atoms with Crippen LogP contribution in [0.25, 0.3) is 0 Å². The summed E-state index contributed by atoms with van der Waals surface area (Å²) in [6.45, 7) is 76.0. The number of aryl methyl sites for hydroxylation is 2. The highest BCUT2D eigenvalue weighted by Gasteiger charge is 2.34. The Balaban J connectivity index is 0.000000491. The first-order chi connectivity index (χ1) is 48.3. The molecular weight excluding hydrogens is 1460 g/mol. The molecule has 0 heterocycles. The van der Waals surface area contributed by atoms with Gasteiger partial charge in [0.15, 0.2) is 0 Å². The highest BCUT2D eigenvalue weighted by molar-refractivity contribution is 9.93. The van der Waals surface area contributed by atoms with E-state index in [1.54, 1.807) is 0 Å². The molecule has 3 heteroatoms. The molecule has 0 radical (unpaired) electrons. The molecule has 6 unspecified atom stereocenters. The molecule has 105 heavy (non-hydrogen) atoms. The van der Waals surface area contributed by atoms with Gasteiger partial charge in [-0.3, -0.25) is 0 Å². The molecule has 6 rings (SSSR count). The molecule has 0 aliphatic rings. The summed E-state index contributed by atoms with van der Waals surface area (Å²) >= 11 is 9.03. The van der Waals surface area contributed by atoms with Crippen molar-refractivity contribution in [2.75, 3.05) is 0 Å². The van der Waals surface area contributed by atoms with Gasteiger partial charge in [0.05, 0.1) is 0 Å². The minimum absolute atomic E-state index is 0.319. The van der Waals surface area contributed by atoms with E-state index in [2.05, 4.69) is 417 Å². The van der Waals surface area contributed by atoms with Crippen LogP contribution >= 0.6 is 44.2 Å². The van der Waals surface area contributed by atoms with Gasteiger partial charge in [-0.05, 0) is 236 Å². The molecule has 0 aromatic heterocycles. The first kappa shape index (κ1) is 97.8. The number of hydrogen-bond acceptors (Lipinski definition) is 0. The Morgan fingerprint density at radius 3 is 0.838 bits per heavy atom. The van der Waals surface area contributed by atoms with Crippen LogP contribution in [0.5, 0.6) is 0 Å². The molecule has 0 fully saturated rings. The zero-order valence-corrected chi connectivity index (χ0v) is 79.0. The summed E-state index contributed by atoms with van der Waals surface area (Å²) < 4.78 is 0. The van der Waals surface area contributed by atoms with Crippen LogP contribution in [0, 0.1) is 68.0 Å². The summed E-state index contributed by atoms with van der Waals surface area (Å²) in [7, 11) is 0. The van der Waals surface area contributed by atoms with E-state index in [0.717, 1.165) is 11.8 Å². The zero-order valence-electron chi connectivity index (χ0n) is 74.3. The van der Waals surface area contributed by atoms with Gasteiger partial charge in [0, 0.05) is 33.6 Å². The SMILES string of the molecule is BrBr.CCC(C)(C)CC(CC(C)(C)C)c1ccc(C)cc1.CCC(C)(C)CC(CC(C)(C)C)c1ccc(CBr)cc1.CCC(C)(C)CC(CC(C)(C)C)c1ccc(Cc2cc(C(CC(C)(C)C)CC(C)(C)CC)ccc2C)cc1.CCC(C)(C)CC(CC(C)(C)CC(C)c1ccccc1)c1ccccc1. The summed E-state index contributed by atoms with van der Waals surface area (Å²) in [5.74, 6) is 3.78. The Kier molecular flexibility index (Phi) is 41.1. The number of benzene rings is 6. The van der Waals surface area contributed by atoms with Crippen LogP contribution in [0.1, 0.15) is 407 Å². The summed E-state index contributed by atoms with van der Waals surface area (Å²) in [5, 5.41) is 0.942. The maximum atomic E-state index is 3.53. The van der Waals surface area contributed by atoms with Gasteiger partial charge < -0.3 is 0 Å². The molecule has 592 valence electrons. The van der Waals surface area contributed by atoms with Crippen LogP contribution in [-0.4, -0.2) is 0 Å². The number of rotatable bonds is 32. The lowest BCUT2D eigenvalue weighted by Crippen LogP contribution is -2.22. The van der Waals surface area contributed by atoms with Gasteiger partial charge in [-0.25, -0.2) is 0 Å². The van der Waals surface area contributed by atoms with E-state index >= 15 is 0 Å². The van der Waals surface area contributed by atoms with Crippen molar-refractivity contribution in [1.29, 1.82) is 0 Å². The van der Waals surface area contributed by atoms with Crippen molar-refractivity contribution in [3.05, 3.63) is 213 Å². The van der Waals surface area contributed by atoms with Gasteiger partial charge in [-0.1, -0.05) is 413 Å². The third-order valence-corrected chi connectivity index (χ3v) is 24.0. The van der Waals surface area contributed by atoms with Crippen molar-refractivity contribution in [3.63, 3.8) is 0 Å². The van der Waals surface area contributed by atoms with E-state index in [9.17, 15) is 0 Å². The maximum Gasteiger partial charge on any atom is 0.0283 e. The smallest absolute Gasteiger partial charge is 0.0283 e. The third-order valence-electron chi connectivity index (χ3n) is 23.4. The lowest BCUT2D eigenvalue weighted by Gasteiger charge is -2.36. The fourth-order valence-electron chi connectivity index (χ4n) is 15.7. The molecule has 6 atom stereocenters. The summed E-state index contributed by atoms with van der Waals surface area (Å²) in [4.78, 5) is 0. The number of alkyl halides is 1. The van der Waals surface area contributed by atoms with Gasteiger partial charge in [0.2, 0.25) is 0 Å². The molecule has 0 amide bonds. The summed E-state index contributed by atoms with van der Waals surface area (Å²) in [6.07, 6.45) is 21.0.